The van der Waals surface area contributed by atoms with Crippen molar-refractivity contribution in [2.24, 2.45) is 5.92 Å². The van der Waals surface area contributed by atoms with Gasteiger partial charge in [-0.1, -0.05) is 30.4 Å². The van der Waals surface area contributed by atoms with Gasteiger partial charge in [-0.25, -0.2) is 9.78 Å². The highest BCUT2D eigenvalue weighted by molar-refractivity contribution is 5.87. The van der Waals surface area contributed by atoms with Crippen LogP contribution in [0.3, 0.4) is 0 Å². The highest BCUT2D eigenvalue weighted by Gasteiger charge is 2.48. The lowest BCUT2D eigenvalue weighted by Gasteiger charge is -2.54. The minimum Gasteiger partial charge on any atom is -0.458 e. The molecule has 3 rings (SSSR count). The fraction of sp³-hybridized carbons (Fsp3) is 0.565. The van der Waals surface area contributed by atoms with Crippen molar-refractivity contribution in [3.05, 3.63) is 54.4 Å². The van der Waals surface area contributed by atoms with Crippen molar-refractivity contribution in [2.45, 2.75) is 77.2 Å². The summed E-state index contributed by atoms with van der Waals surface area (Å²) in [4.78, 5) is 23.1. The van der Waals surface area contributed by atoms with Gasteiger partial charge in [-0.05, 0) is 53.2 Å². The minimum absolute atomic E-state index is 0.0763. The number of aromatic nitrogens is 1. The summed E-state index contributed by atoms with van der Waals surface area (Å²) in [6.45, 7) is 10.7. The molecule has 1 aromatic rings. The summed E-state index contributed by atoms with van der Waals surface area (Å²) in [5.74, 6) is 0.00960. The van der Waals surface area contributed by atoms with Crippen LogP contribution in [0.4, 0.5) is 0 Å². The maximum absolute atomic E-state index is 12.5. The number of ether oxygens (including phenoxy) is 1. The van der Waals surface area contributed by atoms with Crippen molar-refractivity contribution in [1.29, 1.82) is 0 Å². The Kier molecular flexibility index (Phi) is 6.06. The van der Waals surface area contributed by atoms with Crippen LogP contribution in [0.2, 0.25) is 0 Å². The van der Waals surface area contributed by atoms with Gasteiger partial charge in [0.1, 0.15) is 11.8 Å². The SMILES string of the molecule is CC(ON1C(C)(C)CC(OC(=O)c2ccccn2)CC1(C)C)C1C=CC=CC1. The van der Waals surface area contributed by atoms with E-state index in [1.165, 1.54) is 0 Å². The van der Waals surface area contributed by atoms with Crippen LogP contribution in [-0.2, 0) is 9.57 Å². The third kappa shape index (κ3) is 4.70. The molecule has 28 heavy (non-hydrogen) atoms. The monoisotopic (exact) mass is 384 g/mol. The van der Waals surface area contributed by atoms with E-state index >= 15 is 0 Å². The Bertz CT molecular complexity index is 721. The lowest BCUT2D eigenvalue weighted by Crippen LogP contribution is -2.63. The average Bonchev–Trinajstić information content (AvgIpc) is 2.65. The lowest BCUT2D eigenvalue weighted by atomic mass is 9.80. The fourth-order valence-corrected chi connectivity index (χ4v) is 4.43. The Morgan fingerprint density at radius 3 is 2.46 bits per heavy atom. The highest BCUT2D eigenvalue weighted by atomic mass is 16.7. The van der Waals surface area contributed by atoms with Gasteiger partial charge in [-0.15, -0.1) is 0 Å². The molecule has 0 amide bonds. The molecule has 0 N–H and O–H groups in total. The molecule has 0 bridgehead atoms. The Morgan fingerprint density at radius 2 is 1.89 bits per heavy atom. The minimum atomic E-state index is -0.362. The Morgan fingerprint density at radius 1 is 1.18 bits per heavy atom. The summed E-state index contributed by atoms with van der Waals surface area (Å²) in [7, 11) is 0. The quantitative estimate of drug-likeness (QED) is 0.688. The van der Waals surface area contributed by atoms with Crippen molar-refractivity contribution in [3.8, 4) is 0 Å². The molecule has 0 spiro atoms. The van der Waals surface area contributed by atoms with E-state index in [0.717, 1.165) is 6.42 Å². The van der Waals surface area contributed by atoms with Gasteiger partial charge >= 0.3 is 5.97 Å². The standard InChI is InChI=1S/C23H32N2O3/c1-17(18-11-7-6-8-12-18)28-25-22(2,3)15-19(16-23(25,4)5)27-21(26)20-13-9-10-14-24-20/h6-11,13-14,17-19H,12,15-16H2,1-5H3. The molecule has 1 fully saturated rings. The summed E-state index contributed by atoms with van der Waals surface area (Å²) in [6.07, 6.45) is 12.5. The number of nitrogens with zero attached hydrogens (tertiary/aromatic N) is 2. The van der Waals surface area contributed by atoms with Crippen LogP contribution < -0.4 is 0 Å². The van der Waals surface area contributed by atoms with Crippen LogP contribution in [0.25, 0.3) is 0 Å². The maximum atomic E-state index is 12.5. The van der Waals surface area contributed by atoms with E-state index in [0.29, 0.717) is 24.5 Å². The molecule has 1 saturated heterocycles. The maximum Gasteiger partial charge on any atom is 0.357 e. The molecule has 2 atom stereocenters. The molecule has 1 aliphatic carbocycles. The van der Waals surface area contributed by atoms with Crippen LogP contribution >= 0.6 is 0 Å². The van der Waals surface area contributed by atoms with Crippen molar-refractivity contribution >= 4 is 5.97 Å². The summed E-state index contributed by atoms with van der Waals surface area (Å²) >= 11 is 0. The topological polar surface area (TPSA) is 51.7 Å². The number of esters is 1. The number of allylic oxidation sites excluding steroid dienone is 3. The smallest absolute Gasteiger partial charge is 0.357 e. The second kappa shape index (κ2) is 8.18. The summed E-state index contributed by atoms with van der Waals surface area (Å²) < 4.78 is 5.81. The molecule has 152 valence electrons. The van der Waals surface area contributed by atoms with Gasteiger partial charge in [0.05, 0.1) is 6.10 Å². The third-order valence-corrected chi connectivity index (χ3v) is 5.59. The molecule has 1 aliphatic heterocycles. The molecule has 2 heterocycles. The molecule has 0 radical (unpaired) electrons. The average molecular weight is 385 g/mol. The van der Waals surface area contributed by atoms with Gasteiger partial charge in [0.15, 0.2) is 0 Å². The van der Waals surface area contributed by atoms with Crippen LogP contribution in [-0.4, -0.2) is 39.3 Å². The van der Waals surface area contributed by atoms with E-state index in [1.807, 2.05) is 0 Å². The second-order valence-electron chi connectivity index (χ2n) is 9.09. The summed E-state index contributed by atoms with van der Waals surface area (Å²) in [5.41, 5.74) is -0.180. The summed E-state index contributed by atoms with van der Waals surface area (Å²) in [5, 5.41) is 2.13. The van der Waals surface area contributed by atoms with Gasteiger partial charge < -0.3 is 4.74 Å². The zero-order valence-electron chi connectivity index (χ0n) is 17.6. The van der Waals surface area contributed by atoms with Crippen molar-refractivity contribution < 1.29 is 14.4 Å². The Hall–Kier alpha value is -1.98. The van der Waals surface area contributed by atoms with Crippen LogP contribution in [0, 0.1) is 5.92 Å². The van der Waals surface area contributed by atoms with E-state index in [-0.39, 0.29) is 29.3 Å². The number of carbonyl (C=O) groups excluding carboxylic acids is 1. The Labute approximate surface area is 168 Å². The normalized spacial score (nSPS) is 25.4. The number of hydrogen-bond acceptors (Lipinski definition) is 5. The van der Waals surface area contributed by atoms with Crippen LogP contribution in [0.1, 0.15) is 64.4 Å². The van der Waals surface area contributed by atoms with E-state index in [1.54, 1.807) is 24.4 Å². The predicted molar refractivity (Wildman–Crippen MR) is 110 cm³/mol. The fourth-order valence-electron chi connectivity index (χ4n) is 4.43. The van der Waals surface area contributed by atoms with Gasteiger partial charge in [0.25, 0.3) is 0 Å². The zero-order chi connectivity index (χ0) is 20.4. The molecule has 5 heteroatoms. The van der Waals surface area contributed by atoms with Crippen LogP contribution in [0.5, 0.6) is 0 Å². The second-order valence-corrected chi connectivity index (χ2v) is 9.09. The molecule has 2 aliphatic rings. The van der Waals surface area contributed by atoms with Crippen molar-refractivity contribution in [3.63, 3.8) is 0 Å². The number of rotatable bonds is 5. The predicted octanol–water partition coefficient (Wildman–Crippen LogP) is 4.71. The van der Waals surface area contributed by atoms with Crippen molar-refractivity contribution in [2.75, 3.05) is 0 Å². The zero-order valence-corrected chi connectivity index (χ0v) is 17.6. The van der Waals surface area contributed by atoms with Gasteiger partial charge in [-0.2, -0.15) is 5.06 Å². The largest absolute Gasteiger partial charge is 0.458 e. The first kappa shape index (κ1) is 20.7. The number of pyridine rings is 1. The molecule has 5 nitrogen and oxygen atoms in total. The van der Waals surface area contributed by atoms with E-state index < -0.39 is 0 Å². The van der Waals surface area contributed by atoms with Crippen LogP contribution in [0.15, 0.2) is 48.7 Å². The first-order valence-electron chi connectivity index (χ1n) is 10.1. The number of carbonyl (C=O) groups is 1. The number of piperidine rings is 1. The first-order chi connectivity index (χ1) is 13.2. The van der Waals surface area contributed by atoms with Gasteiger partial charge in [0.2, 0.25) is 0 Å². The molecule has 2 unspecified atom stereocenters. The van der Waals surface area contributed by atoms with E-state index in [9.17, 15) is 4.79 Å². The van der Waals surface area contributed by atoms with E-state index in [2.05, 4.69) is 69.0 Å². The molecule has 1 aromatic heterocycles. The summed E-state index contributed by atoms with van der Waals surface area (Å²) in [6, 6.07) is 5.27. The number of hydroxylamine groups is 2. The highest BCUT2D eigenvalue weighted by Crippen LogP contribution is 2.41. The Balaban J connectivity index is 1.68. The van der Waals surface area contributed by atoms with E-state index in [4.69, 9.17) is 9.57 Å². The number of hydrogen-bond donors (Lipinski definition) is 0. The molecular formula is C23H32N2O3. The van der Waals surface area contributed by atoms with Crippen molar-refractivity contribution in [1.82, 2.24) is 10.0 Å². The molecule has 0 aromatic carbocycles. The van der Waals surface area contributed by atoms with Gasteiger partial charge in [0, 0.05) is 36.0 Å². The molecule has 0 saturated carbocycles. The lowest BCUT2D eigenvalue weighted by molar-refractivity contribution is -0.315. The third-order valence-electron chi connectivity index (χ3n) is 5.59. The van der Waals surface area contributed by atoms with Gasteiger partial charge in [-0.3, -0.25) is 4.84 Å². The first-order valence-corrected chi connectivity index (χ1v) is 10.1. The molecular weight excluding hydrogens is 352 g/mol.